The van der Waals surface area contributed by atoms with Gasteiger partial charge in [0.05, 0.1) is 13.1 Å². The molecule has 2 aliphatic rings. The molecular formula is C17H16FN5O3S. The number of carbonyl (C=O) groups excluding carboxylic acids is 1. The van der Waals surface area contributed by atoms with Crippen molar-refractivity contribution in [2.75, 3.05) is 19.8 Å². The molecule has 2 aromatic heterocycles. The minimum absolute atomic E-state index is 0.00196. The molecule has 1 saturated carbocycles. The Hall–Kier alpha value is -2.45. The van der Waals surface area contributed by atoms with Crippen molar-refractivity contribution in [3.05, 3.63) is 40.1 Å². The molecule has 2 fully saturated rings. The van der Waals surface area contributed by atoms with Crippen LogP contribution in [0.5, 0.6) is 0 Å². The first kappa shape index (κ1) is 17.9. The number of halogens is 1. The molecule has 2 atom stereocenters. The summed E-state index contributed by atoms with van der Waals surface area (Å²) in [5, 5.41) is 22.8. The van der Waals surface area contributed by atoms with E-state index in [2.05, 4.69) is 21.1 Å². The zero-order valence-corrected chi connectivity index (χ0v) is 15.1. The van der Waals surface area contributed by atoms with E-state index in [0.717, 1.165) is 23.9 Å². The summed E-state index contributed by atoms with van der Waals surface area (Å²) in [7, 11) is 0. The molecule has 0 aromatic carbocycles. The van der Waals surface area contributed by atoms with Crippen LogP contribution in [0.15, 0.2) is 18.2 Å². The van der Waals surface area contributed by atoms with Gasteiger partial charge < -0.3 is 9.94 Å². The van der Waals surface area contributed by atoms with E-state index in [4.69, 9.17) is 11.2 Å². The van der Waals surface area contributed by atoms with Crippen LogP contribution in [0.1, 0.15) is 34.3 Å². The number of ether oxygens (including phenoxy) is 1. The molecule has 8 nitrogen and oxygen atoms in total. The SMILES string of the molecule is C#CCN1CC(OC(=O)c2cccc(F)n2)[N+]([O-])(c2nnc(C3CC3)s2)C1. The molecule has 27 heavy (non-hydrogen) atoms. The lowest BCUT2D eigenvalue weighted by atomic mass is 10.3. The Bertz CT molecular complexity index is 912. The number of terminal acetylenes is 1. The molecule has 0 radical (unpaired) electrons. The normalized spacial score (nSPS) is 25.3. The average Bonchev–Trinajstić information content (AvgIpc) is 3.28. The van der Waals surface area contributed by atoms with Gasteiger partial charge in [-0.05, 0) is 36.3 Å². The van der Waals surface area contributed by atoms with Crippen LogP contribution >= 0.6 is 11.3 Å². The number of aromatic nitrogens is 3. The van der Waals surface area contributed by atoms with Gasteiger partial charge in [0.25, 0.3) is 6.23 Å². The van der Waals surface area contributed by atoms with Crippen molar-refractivity contribution in [3.8, 4) is 12.3 Å². The summed E-state index contributed by atoms with van der Waals surface area (Å²) in [6.45, 7) is 0.383. The van der Waals surface area contributed by atoms with E-state index < -0.39 is 22.8 Å². The Labute approximate surface area is 158 Å². The highest BCUT2D eigenvalue weighted by molar-refractivity contribution is 7.15. The fraction of sp³-hybridized carbons (Fsp3) is 0.412. The number of pyridine rings is 1. The third-order valence-corrected chi connectivity index (χ3v) is 5.65. The molecule has 2 unspecified atom stereocenters. The highest BCUT2D eigenvalue weighted by Gasteiger charge is 2.47. The van der Waals surface area contributed by atoms with Gasteiger partial charge in [0.2, 0.25) is 5.95 Å². The second kappa shape index (κ2) is 6.94. The van der Waals surface area contributed by atoms with E-state index in [-0.39, 0.29) is 30.6 Å². The zero-order valence-electron chi connectivity index (χ0n) is 14.2. The maximum Gasteiger partial charge on any atom is 0.361 e. The first-order valence-electron chi connectivity index (χ1n) is 8.41. The molecule has 4 rings (SSSR count). The molecule has 0 N–H and O–H groups in total. The van der Waals surface area contributed by atoms with Gasteiger partial charge in [-0.25, -0.2) is 14.7 Å². The van der Waals surface area contributed by atoms with Crippen molar-refractivity contribution in [2.24, 2.45) is 0 Å². The number of nitrogens with zero attached hydrogens (tertiary/aromatic N) is 5. The van der Waals surface area contributed by atoms with E-state index in [0.29, 0.717) is 5.92 Å². The lowest BCUT2D eigenvalue weighted by Gasteiger charge is -2.38. The third-order valence-electron chi connectivity index (χ3n) is 4.45. The first-order chi connectivity index (χ1) is 13.0. The Morgan fingerprint density at radius 3 is 3.00 bits per heavy atom. The molecule has 140 valence electrons. The van der Waals surface area contributed by atoms with Gasteiger partial charge >= 0.3 is 11.1 Å². The number of hydrogen-bond acceptors (Lipinski definition) is 8. The largest absolute Gasteiger partial charge is 0.622 e. The van der Waals surface area contributed by atoms with Crippen LogP contribution in [0.4, 0.5) is 9.52 Å². The Kier molecular flexibility index (Phi) is 4.61. The van der Waals surface area contributed by atoms with Gasteiger partial charge in [-0.3, -0.25) is 4.65 Å². The average molecular weight is 389 g/mol. The Morgan fingerprint density at radius 2 is 2.30 bits per heavy atom. The van der Waals surface area contributed by atoms with E-state index in [9.17, 15) is 14.4 Å². The smallest absolute Gasteiger partial charge is 0.361 e. The lowest BCUT2D eigenvalue weighted by Crippen LogP contribution is -2.51. The quantitative estimate of drug-likeness (QED) is 0.253. The topological polar surface area (TPSA) is 91.3 Å². The summed E-state index contributed by atoms with van der Waals surface area (Å²) < 4.78 is 17.7. The number of esters is 1. The Balaban J connectivity index is 1.59. The maximum absolute atomic E-state index is 13.6. The van der Waals surface area contributed by atoms with E-state index in [1.54, 1.807) is 4.90 Å². The molecule has 0 spiro atoms. The fourth-order valence-corrected chi connectivity index (χ4v) is 4.01. The monoisotopic (exact) mass is 389 g/mol. The van der Waals surface area contributed by atoms with Crippen LogP contribution in [-0.2, 0) is 4.74 Å². The van der Waals surface area contributed by atoms with Crippen LogP contribution in [0.3, 0.4) is 0 Å². The second-order valence-electron chi connectivity index (χ2n) is 6.56. The number of rotatable bonds is 5. The predicted octanol–water partition coefficient (Wildman–Crippen LogP) is 1.84. The third kappa shape index (κ3) is 3.54. The van der Waals surface area contributed by atoms with Crippen molar-refractivity contribution >= 4 is 22.4 Å². The van der Waals surface area contributed by atoms with Gasteiger partial charge in [-0.2, -0.15) is 4.39 Å². The van der Waals surface area contributed by atoms with Crippen molar-refractivity contribution in [2.45, 2.75) is 25.0 Å². The standard InChI is InChI=1S/C17H16FN5O3S/c1-2-8-22-9-14(26-16(24)12-4-3-5-13(18)19-12)23(25,10-22)17-21-20-15(27-17)11-6-7-11/h1,3-5,11,14H,6-10H2. The molecule has 2 aromatic rings. The molecule has 3 heterocycles. The maximum atomic E-state index is 13.6. The van der Waals surface area contributed by atoms with Crippen LogP contribution in [0, 0.1) is 23.5 Å². The van der Waals surface area contributed by atoms with E-state index in [1.807, 2.05) is 0 Å². The highest BCUT2D eigenvalue weighted by atomic mass is 32.1. The van der Waals surface area contributed by atoms with Crippen molar-refractivity contribution in [1.82, 2.24) is 24.7 Å². The van der Waals surface area contributed by atoms with Crippen LogP contribution in [0.25, 0.3) is 0 Å². The van der Waals surface area contributed by atoms with E-state index >= 15 is 0 Å². The van der Waals surface area contributed by atoms with Crippen LogP contribution < -0.4 is 4.65 Å². The molecule has 1 aliphatic carbocycles. The van der Waals surface area contributed by atoms with Gasteiger partial charge in [0.1, 0.15) is 11.7 Å². The first-order valence-corrected chi connectivity index (χ1v) is 9.23. The van der Waals surface area contributed by atoms with Crippen molar-refractivity contribution < 1.29 is 13.9 Å². The summed E-state index contributed by atoms with van der Waals surface area (Å²) in [6, 6.07) is 3.80. The molecule has 0 bridgehead atoms. The molecule has 0 amide bonds. The Morgan fingerprint density at radius 1 is 1.48 bits per heavy atom. The number of hydrogen-bond donors (Lipinski definition) is 0. The molecule has 1 aliphatic heterocycles. The van der Waals surface area contributed by atoms with Crippen LogP contribution in [0.2, 0.25) is 0 Å². The fourth-order valence-electron chi connectivity index (χ4n) is 2.93. The van der Waals surface area contributed by atoms with Crippen molar-refractivity contribution in [3.63, 3.8) is 0 Å². The van der Waals surface area contributed by atoms with Gasteiger partial charge in [0.15, 0.2) is 5.69 Å². The highest BCUT2D eigenvalue weighted by Crippen LogP contribution is 2.44. The van der Waals surface area contributed by atoms with Crippen LogP contribution in [-0.4, -0.2) is 52.0 Å². The lowest BCUT2D eigenvalue weighted by molar-refractivity contribution is 0.00481. The molecular weight excluding hydrogens is 373 g/mol. The minimum Gasteiger partial charge on any atom is -0.622 e. The number of quaternary nitrogens is 1. The van der Waals surface area contributed by atoms with Gasteiger partial charge in [-0.1, -0.05) is 17.1 Å². The minimum atomic E-state index is -1.09. The molecule has 10 heteroatoms. The number of carbonyl (C=O) groups is 1. The van der Waals surface area contributed by atoms with E-state index in [1.165, 1.54) is 23.5 Å². The summed E-state index contributed by atoms with van der Waals surface area (Å²) in [6.07, 6.45) is 6.35. The molecule has 1 saturated heterocycles. The summed E-state index contributed by atoms with van der Waals surface area (Å²) in [5.41, 5.74) is -0.201. The number of hydroxylamine groups is 2. The summed E-state index contributed by atoms with van der Waals surface area (Å²) in [5.74, 6) is 1.18. The predicted molar refractivity (Wildman–Crippen MR) is 95.7 cm³/mol. The second-order valence-corrected chi connectivity index (χ2v) is 7.54. The van der Waals surface area contributed by atoms with Gasteiger partial charge in [0, 0.05) is 5.92 Å². The van der Waals surface area contributed by atoms with Crippen molar-refractivity contribution in [1.29, 1.82) is 0 Å². The summed E-state index contributed by atoms with van der Waals surface area (Å²) >= 11 is 1.24. The zero-order chi connectivity index (χ0) is 19.0. The summed E-state index contributed by atoms with van der Waals surface area (Å²) in [4.78, 5) is 17.6. The van der Waals surface area contributed by atoms with Gasteiger partial charge in [-0.15, -0.1) is 11.5 Å².